The quantitative estimate of drug-likeness (QED) is 0.557. The van der Waals surface area contributed by atoms with Gasteiger partial charge < -0.3 is 9.64 Å². The van der Waals surface area contributed by atoms with E-state index in [0.717, 1.165) is 5.71 Å². The van der Waals surface area contributed by atoms with Crippen molar-refractivity contribution in [3.05, 3.63) is 12.3 Å². The van der Waals surface area contributed by atoms with Crippen LogP contribution in [0.15, 0.2) is 17.3 Å². The minimum absolute atomic E-state index is 0.119. The fourth-order valence-corrected chi connectivity index (χ4v) is 3.00. The molecule has 0 fully saturated rings. The monoisotopic (exact) mass is 282 g/mol. The molecule has 2 rings (SSSR count). The molecule has 0 amide bonds. The Kier molecular flexibility index (Phi) is 3.54. The van der Waals surface area contributed by atoms with Crippen molar-refractivity contribution in [1.82, 2.24) is 4.90 Å². The number of aliphatic imine (C=N–C) groups is 1. The zero-order valence-corrected chi connectivity index (χ0v) is 12.4. The van der Waals surface area contributed by atoms with Gasteiger partial charge in [0.1, 0.15) is 4.86 Å². The van der Waals surface area contributed by atoms with E-state index in [4.69, 9.17) is 4.74 Å². The van der Waals surface area contributed by atoms with Crippen LogP contribution < -0.4 is 0 Å². The highest BCUT2D eigenvalue weighted by atomic mass is 32.1. The molecule has 0 aliphatic carbocycles. The maximum atomic E-state index is 12.3. The van der Waals surface area contributed by atoms with Gasteiger partial charge in [0.15, 0.2) is 0 Å². The summed E-state index contributed by atoms with van der Waals surface area (Å²) in [7, 11) is -1.52. The highest BCUT2D eigenvalue weighted by molar-refractivity contribution is 7.86. The topological polar surface area (TPSA) is 59.0 Å². The van der Waals surface area contributed by atoms with E-state index in [-0.39, 0.29) is 23.4 Å². The minimum atomic E-state index is -1.52. The highest BCUT2D eigenvalue weighted by Crippen LogP contribution is 2.21. The molecule has 6 heteroatoms. The Morgan fingerprint density at radius 3 is 2.79 bits per heavy atom. The summed E-state index contributed by atoms with van der Waals surface area (Å²) in [5, 5.41) is 0.426. The van der Waals surface area contributed by atoms with Crippen molar-refractivity contribution in [3.63, 3.8) is 0 Å². The molecule has 0 unspecified atom stereocenters. The van der Waals surface area contributed by atoms with Crippen molar-refractivity contribution in [1.29, 1.82) is 0 Å². The SMILES string of the molecule is CCOC(=O)C1=S(=O)=C2N=C(C(C)(C)C)C=CN2C1. The number of esters is 1. The fraction of sp³-hybridized carbons (Fsp3) is 0.538. The predicted molar refractivity (Wildman–Crippen MR) is 77.5 cm³/mol. The molecule has 0 saturated carbocycles. The molecule has 0 aromatic heterocycles. The summed E-state index contributed by atoms with van der Waals surface area (Å²) in [6.07, 6.45) is 3.72. The van der Waals surface area contributed by atoms with Crippen LogP contribution in [-0.4, -0.2) is 43.9 Å². The predicted octanol–water partition coefficient (Wildman–Crippen LogP) is 0.888. The van der Waals surface area contributed by atoms with Gasteiger partial charge in [-0.1, -0.05) is 20.8 Å². The van der Waals surface area contributed by atoms with E-state index in [2.05, 4.69) is 4.99 Å². The van der Waals surface area contributed by atoms with Crippen molar-refractivity contribution in [2.24, 2.45) is 10.4 Å². The highest BCUT2D eigenvalue weighted by Gasteiger charge is 2.29. The Morgan fingerprint density at radius 2 is 2.21 bits per heavy atom. The first kappa shape index (κ1) is 13.9. The Balaban J connectivity index is 2.45. The van der Waals surface area contributed by atoms with Gasteiger partial charge in [0.25, 0.3) is 0 Å². The molecule has 0 aromatic carbocycles. The van der Waals surface area contributed by atoms with E-state index in [1.54, 1.807) is 11.8 Å². The molecule has 0 aromatic rings. The molecule has 0 atom stereocenters. The number of hydrogen-bond acceptors (Lipinski definition) is 5. The van der Waals surface area contributed by atoms with Crippen LogP contribution in [0.25, 0.3) is 0 Å². The molecule has 0 spiro atoms. The smallest absolute Gasteiger partial charge is 0.348 e. The van der Waals surface area contributed by atoms with Crippen LogP contribution in [0.1, 0.15) is 27.7 Å². The standard InChI is InChI=1S/C13H18N2O3S/c1-5-18-11(16)9-8-15-7-6-10(13(2,3)4)14-12(15)19(9)17/h6-7H,5,8H2,1-4H3. The van der Waals surface area contributed by atoms with Gasteiger partial charge in [0.05, 0.1) is 28.8 Å². The molecule has 19 heavy (non-hydrogen) atoms. The van der Waals surface area contributed by atoms with Gasteiger partial charge in [0.2, 0.25) is 5.11 Å². The Bertz CT molecular complexity index is 621. The normalized spacial score (nSPS) is 18.6. The van der Waals surface area contributed by atoms with Crippen molar-refractivity contribution in [3.8, 4) is 0 Å². The number of rotatable bonds is 2. The van der Waals surface area contributed by atoms with Crippen LogP contribution >= 0.6 is 0 Å². The first-order valence-electron chi connectivity index (χ1n) is 6.20. The number of allylic oxidation sites excluding steroid dienone is 1. The van der Waals surface area contributed by atoms with Crippen LogP contribution in [0.2, 0.25) is 0 Å². The second-order valence-electron chi connectivity index (χ2n) is 5.39. The van der Waals surface area contributed by atoms with Crippen molar-refractivity contribution < 1.29 is 13.7 Å². The van der Waals surface area contributed by atoms with Gasteiger partial charge in [-0.25, -0.2) is 14.0 Å². The summed E-state index contributed by atoms with van der Waals surface area (Å²) in [5.74, 6) is -0.497. The average Bonchev–Trinajstić information content (AvgIpc) is 2.66. The summed E-state index contributed by atoms with van der Waals surface area (Å²) >= 11 is 0. The maximum absolute atomic E-state index is 12.3. The summed E-state index contributed by atoms with van der Waals surface area (Å²) in [6, 6.07) is 0. The van der Waals surface area contributed by atoms with Gasteiger partial charge in [-0.3, -0.25) is 0 Å². The maximum Gasteiger partial charge on any atom is 0.348 e. The van der Waals surface area contributed by atoms with Gasteiger partial charge in [-0.15, -0.1) is 0 Å². The molecule has 5 nitrogen and oxygen atoms in total. The number of hydrogen-bond donors (Lipinski definition) is 0. The lowest BCUT2D eigenvalue weighted by Crippen LogP contribution is -2.32. The summed E-state index contributed by atoms with van der Waals surface area (Å²) in [5.41, 5.74) is 0.740. The molecule has 0 bridgehead atoms. The van der Waals surface area contributed by atoms with E-state index >= 15 is 0 Å². The van der Waals surface area contributed by atoms with Gasteiger partial charge in [0, 0.05) is 11.6 Å². The number of fused-ring (bicyclic) bond motifs is 1. The third kappa shape index (κ3) is 2.58. The summed E-state index contributed by atoms with van der Waals surface area (Å²) in [4.78, 5) is 18.1. The van der Waals surface area contributed by atoms with Gasteiger partial charge >= 0.3 is 5.97 Å². The zero-order chi connectivity index (χ0) is 14.2. The van der Waals surface area contributed by atoms with E-state index in [0.29, 0.717) is 5.11 Å². The lowest BCUT2D eigenvalue weighted by Gasteiger charge is -2.25. The van der Waals surface area contributed by atoms with Crippen LogP contribution in [0.4, 0.5) is 0 Å². The van der Waals surface area contributed by atoms with Crippen molar-refractivity contribution in [2.45, 2.75) is 27.7 Å². The third-order valence-corrected chi connectivity index (χ3v) is 4.25. The number of ether oxygens (including phenoxy) is 1. The third-order valence-electron chi connectivity index (χ3n) is 2.85. The molecule has 2 aliphatic rings. The zero-order valence-electron chi connectivity index (χ0n) is 11.6. The molecule has 104 valence electrons. The summed E-state index contributed by atoms with van der Waals surface area (Å²) in [6.45, 7) is 8.42. The van der Waals surface area contributed by atoms with E-state index in [1.807, 2.05) is 33.0 Å². The fourth-order valence-electron chi connectivity index (χ4n) is 1.79. The molecule has 0 saturated heterocycles. The first-order valence-corrected chi connectivity index (χ1v) is 7.35. The molecule has 0 N–H and O–H groups in total. The van der Waals surface area contributed by atoms with Crippen LogP contribution in [-0.2, 0) is 19.5 Å². The number of carbonyl (C=O) groups is 1. The molecular formula is C13H18N2O3S. The van der Waals surface area contributed by atoms with E-state index in [9.17, 15) is 9.00 Å². The molecule has 2 heterocycles. The van der Waals surface area contributed by atoms with E-state index in [1.165, 1.54) is 0 Å². The second kappa shape index (κ2) is 4.85. The second-order valence-corrected chi connectivity index (χ2v) is 6.78. The number of carbonyl (C=O) groups excluding carboxylic acids is 1. The van der Waals surface area contributed by atoms with Crippen molar-refractivity contribution >= 4 is 31.6 Å². The Hall–Kier alpha value is -1.56. The lowest BCUT2D eigenvalue weighted by atomic mass is 9.89. The molecular weight excluding hydrogens is 264 g/mol. The van der Waals surface area contributed by atoms with Crippen LogP contribution in [0.5, 0.6) is 0 Å². The van der Waals surface area contributed by atoms with Gasteiger partial charge in [-0.05, 0) is 13.0 Å². The Morgan fingerprint density at radius 1 is 1.53 bits per heavy atom. The average molecular weight is 282 g/mol. The largest absolute Gasteiger partial charge is 0.462 e. The lowest BCUT2D eigenvalue weighted by molar-refractivity contribution is -0.134. The van der Waals surface area contributed by atoms with E-state index < -0.39 is 15.9 Å². The molecule has 2 aliphatic heterocycles. The molecule has 0 radical (unpaired) electrons. The van der Waals surface area contributed by atoms with Crippen LogP contribution in [0.3, 0.4) is 0 Å². The Labute approximate surface area is 114 Å². The first-order chi connectivity index (χ1) is 8.84. The summed E-state index contributed by atoms with van der Waals surface area (Å²) < 4.78 is 17.2. The van der Waals surface area contributed by atoms with Crippen LogP contribution in [0, 0.1) is 5.41 Å². The van der Waals surface area contributed by atoms with Crippen molar-refractivity contribution in [2.75, 3.05) is 13.2 Å². The van der Waals surface area contributed by atoms with Gasteiger partial charge in [-0.2, -0.15) is 0 Å². The number of nitrogens with zero attached hydrogens (tertiary/aromatic N) is 2. The minimum Gasteiger partial charge on any atom is -0.462 e.